The maximum Gasteiger partial charge on any atom is 0.293 e. The molecule has 5 heteroatoms. The molecule has 0 unspecified atom stereocenters. The van der Waals surface area contributed by atoms with Gasteiger partial charge in [-0.1, -0.05) is 5.16 Å². The van der Waals surface area contributed by atoms with E-state index in [0.717, 1.165) is 37.0 Å². The number of nitrogens with zero attached hydrogens (tertiary/aromatic N) is 2. The number of carbonyl (C=O) groups excluding carboxylic acids is 1. The average molecular weight is 247 g/mol. The number of hydrogen-bond donors (Lipinski definition) is 1. The molecule has 4 saturated carbocycles. The molecule has 1 heterocycles. The van der Waals surface area contributed by atoms with Crippen LogP contribution in [0.5, 0.6) is 0 Å². The fourth-order valence-corrected chi connectivity index (χ4v) is 4.83. The molecule has 1 aromatic rings. The van der Waals surface area contributed by atoms with Crippen molar-refractivity contribution in [3.63, 3.8) is 0 Å². The first kappa shape index (κ1) is 10.5. The number of amides is 1. The van der Waals surface area contributed by atoms with E-state index in [-0.39, 0.29) is 17.3 Å². The Kier molecular flexibility index (Phi) is 2.08. The van der Waals surface area contributed by atoms with Gasteiger partial charge in [0.1, 0.15) is 0 Å². The van der Waals surface area contributed by atoms with Crippen LogP contribution in [0.25, 0.3) is 0 Å². The van der Waals surface area contributed by atoms with Crippen molar-refractivity contribution in [2.24, 2.45) is 17.8 Å². The van der Waals surface area contributed by atoms with Crippen LogP contribution in [0.15, 0.2) is 10.9 Å². The summed E-state index contributed by atoms with van der Waals surface area (Å²) in [6.07, 6.45) is 8.74. The molecule has 0 spiro atoms. The molecule has 0 aliphatic heterocycles. The minimum atomic E-state index is -0.175. The molecule has 18 heavy (non-hydrogen) atoms. The summed E-state index contributed by atoms with van der Waals surface area (Å²) in [7, 11) is 0. The van der Waals surface area contributed by atoms with E-state index in [1.54, 1.807) is 0 Å². The zero-order chi connectivity index (χ0) is 12.2. The van der Waals surface area contributed by atoms with Gasteiger partial charge in [0.25, 0.3) is 11.7 Å². The van der Waals surface area contributed by atoms with Crippen LogP contribution in [0.2, 0.25) is 0 Å². The molecular formula is C13H17N3O2. The zero-order valence-corrected chi connectivity index (χ0v) is 10.3. The van der Waals surface area contributed by atoms with Crippen LogP contribution in [0.1, 0.15) is 49.1 Å². The van der Waals surface area contributed by atoms with Gasteiger partial charge in [-0.05, 0) is 56.3 Å². The maximum absolute atomic E-state index is 12.1. The van der Waals surface area contributed by atoms with Gasteiger partial charge in [0.2, 0.25) is 6.39 Å². The molecule has 0 atom stereocenters. The average Bonchev–Trinajstić information content (AvgIpc) is 2.79. The number of rotatable bonds is 2. The minimum Gasteiger partial charge on any atom is -0.344 e. The molecule has 1 aromatic heterocycles. The lowest BCUT2D eigenvalue weighted by Gasteiger charge is -2.56. The Morgan fingerprint density at radius 1 is 1.22 bits per heavy atom. The highest BCUT2D eigenvalue weighted by Crippen LogP contribution is 2.55. The molecule has 1 N–H and O–H groups in total. The van der Waals surface area contributed by atoms with Gasteiger partial charge in [0, 0.05) is 5.54 Å². The van der Waals surface area contributed by atoms with E-state index in [1.807, 2.05) is 0 Å². The van der Waals surface area contributed by atoms with Gasteiger partial charge in [-0.15, -0.1) is 0 Å². The molecule has 0 radical (unpaired) electrons. The molecule has 5 rings (SSSR count). The summed E-state index contributed by atoms with van der Waals surface area (Å²) >= 11 is 0. The van der Waals surface area contributed by atoms with E-state index in [9.17, 15) is 4.79 Å². The SMILES string of the molecule is O=C(NC12CC3CC(CC(C3)C1)C2)c1ncon1. The number of nitrogens with one attached hydrogen (secondary N) is 1. The van der Waals surface area contributed by atoms with E-state index in [1.165, 1.54) is 25.7 Å². The number of aromatic nitrogens is 2. The fraction of sp³-hybridized carbons (Fsp3) is 0.769. The number of carbonyl (C=O) groups is 1. The first-order valence-corrected chi connectivity index (χ1v) is 6.81. The van der Waals surface area contributed by atoms with E-state index in [4.69, 9.17) is 0 Å². The molecule has 96 valence electrons. The van der Waals surface area contributed by atoms with Crippen molar-refractivity contribution >= 4 is 5.91 Å². The highest BCUT2D eigenvalue weighted by Gasteiger charge is 2.51. The Morgan fingerprint density at radius 3 is 2.33 bits per heavy atom. The Balaban J connectivity index is 1.56. The van der Waals surface area contributed by atoms with Crippen molar-refractivity contribution in [1.82, 2.24) is 15.5 Å². The molecule has 4 bridgehead atoms. The summed E-state index contributed by atoms with van der Waals surface area (Å²) in [5.41, 5.74) is 0.0203. The Labute approximate surface area is 105 Å². The second-order valence-electron chi connectivity index (χ2n) is 6.41. The first-order valence-electron chi connectivity index (χ1n) is 6.81. The van der Waals surface area contributed by atoms with Crippen molar-refractivity contribution in [2.75, 3.05) is 0 Å². The molecule has 0 saturated heterocycles. The van der Waals surface area contributed by atoms with Crippen LogP contribution in [-0.2, 0) is 0 Å². The van der Waals surface area contributed by atoms with Crippen molar-refractivity contribution in [3.05, 3.63) is 12.2 Å². The van der Waals surface area contributed by atoms with Crippen LogP contribution in [-0.4, -0.2) is 21.6 Å². The third-order valence-corrected chi connectivity index (χ3v) is 4.98. The highest BCUT2D eigenvalue weighted by atomic mass is 16.5. The second-order valence-corrected chi connectivity index (χ2v) is 6.41. The highest BCUT2D eigenvalue weighted by molar-refractivity contribution is 5.90. The molecule has 1 amide bonds. The largest absolute Gasteiger partial charge is 0.344 e. The van der Waals surface area contributed by atoms with E-state index >= 15 is 0 Å². The smallest absolute Gasteiger partial charge is 0.293 e. The summed E-state index contributed by atoms with van der Waals surface area (Å²) in [4.78, 5) is 15.9. The Bertz CT molecular complexity index is 433. The second kappa shape index (κ2) is 3.56. The Morgan fingerprint density at radius 2 is 1.83 bits per heavy atom. The third-order valence-electron chi connectivity index (χ3n) is 4.98. The molecule has 4 aliphatic carbocycles. The fourth-order valence-electron chi connectivity index (χ4n) is 4.83. The molecular weight excluding hydrogens is 230 g/mol. The maximum atomic E-state index is 12.1. The standard InChI is InChI=1S/C13H17N3O2/c17-12(11-14-7-18-16-11)15-13-4-8-1-9(5-13)3-10(2-8)6-13/h7-10H,1-6H2,(H,15,17). The van der Waals surface area contributed by atoms with Gasteiger partial charge in [-0.25, -0.2) is 0 Å². The van der Waals surface area contributed by atoms with Crippen molar-refractivity contribution in [1.29, 1.82) is 0 Å². The van der Waals surface area contributed by atoms with E-state index in [2.05, 4.69) is 20.0 Å². The van der Waals surface area contributed by atoms with Crippen LogP contribution >= 0.6 is 0 Å². The van der Waals surface area contributed by atoms with Crippen LogP contribution in [0, 0.1) is 17.8 Å². The van der Waals surface area contributed by atoms with Gasteiger partial charge < -0.3 is 9.84 Å². The predicted octanol–water partition coefficient (Wildman–Crippen LogP) is 1.77. The van der Waals surface area contributed by atoms with Crippen molar-refractivity contribution < 1.29 is 9.32 Å². The summed E-state index contributed by atoms with van der Waals surface area (Å²) < 4.78 is 4.63. The van der Waals surface area contributed by atoms with E-state index < -0.39 is 0 Å². The predicted molar refractivity (Wildman–Crippen MR) is 62.7 cm³/mol. The summed E-state index contributed by atoms with van der Waals surface area (Å²) in [6, 6.07) is 0. The van der Waals surface area contributed by atoms with Crippen LogP contribution in [0.4, 0.5) is 0 Å². The summed E-state index contributed by atoms with van der Waals surface area (Å²) in [6.45, 7) is 0. The topological polar surface area (TPSA) is 68.0 Å². The zero-order valence-electron chi connectivity index (χ0n) is 10.3. The van der Waals surface area contributed by atoms with Gasteiger partial charge in [0.05, 0.1) is 0 Å². The molecule has 4 aliphatic rings. The summed E-state index contributed by atoms with van der Waals surface area (Å²) in [5.74, 6) is 2.45. The van der Waals surface area contributed by atoms with Gasteiger partial charge in [-0.2, -0.15) is 4.98 Å². The summed E-state index contributed by atoms with van der Waals surface area (Å²) in [5, 5.41) is 6.82. The Hall–Kier alpha value is -1.39. The van der Waals surface area contributed by atoms with Crippen LogP contribution in [0.3, 0.4) is 0 Å². The molecule has 0 aromatic carbocycles. The lowest BCUT2D eigenvalue weighted by molar-refractivity contribution is -0.0169. The lowest BCUT2D eigenvalue weighted by atomic mass is 9.53. The lowest BCUT2D eigenvalue weighted by Crippen LogP contribution is -2.59. The van der Waals surface area contributed by atoms with Crippen molar-refractivity contribution in [3.8, 4) is 0 Å². The first-order chi connectivity index (χ1) is 8.72. The quantitative estimate of drug-likeness (QED) is 0.864. The van der Waals surface area contributed by atoms with Crippen LogP contribution < -0.4 is 5.32 Å². The minimum absolute atomic E-state index is 0.0203. The monoisotopic (exact) mass is 247 g/mol. The number of hydrogen-bond acceptors (Lipinski definition) is 4. The third kappa shape index (κ3) is 1.56. The van der Waals surface area contributed by atoms with E-state index in [0.29, 0.717) is 0 Å². The van der Waals surface area contributed by atoms with Crippen molar-refractivity contribution in [2.45, 2.75) is 44.1 Å². The normalized spacial score (nSPS) is 41.0. The van der Waals surface area contributed by atoms with Gasteiger partial charge in [-0.3, -0.25) is 4.79 Å². The van der Waals surface area contributed by atoms with Gasteiger partial charge in [0.15, 0.2) is 0 Å². The van der Waals surface area contributed by atoms with Gasteiger partial charge >= 0.3 is 0 Å². The molecule has 4 fully saturated rings. The molecule has 5 nitrogen and oxygen atoms in total.